The largest absolute Gasteiger partial charge is 0.387 e. The van der Waals surface area contributed by atoms with Crippen molar-refractivity contribution in [2.75, 3.05) is 6.61 Å². The maximum atomic E-state index is 10.4. The minimum Gasteiger partial charge on any atom is -0.387 e. The number of hydrogen-bond donors (Lipinski definition) is 1. The maximum absolute atomic E-state index is 10.4. The summed E-state index contributed by atoms with van der Waals surface area (Å²) in [5.74, 6) is 0.257. The van der Waals surface area contributed by atoms with Gasteiger partial charge in [0.2, 0.25) is 0 Å². The van der Waals surface area contributed by atoms with Crippen molar-refractivity contribution in [3.63, 3.8) is 0 Å². The van der Waals surface area contributed by atoms with Gasteiger partial charge < -0.3 is 9.84 Å². The molecule has 1 spiro atoms. The van der Waals surface area contributed by atoms with Gasteiger partial charge in [-0.05, 0) is 50.2 Å². The van der Waals surface area contributed by atoms with Gasteiger partial charge in [0.15, 0.2) is 0 Å². The highest BCUT2D eigenvalue weighted by Crippen LogP contribution is 2.46. The van der Waals surface area contributed by atoms with E-state index in [9.17, 15) is 5.11 Å². The van der Waals surface area contributed by atoms with Crippen LogP contribution in [0.4, 0.5) is 0 Å². The Morgan fingerprint density at radius 1 is 1.44 bits per heavy atom. The molecule has 0 amide bonds. The van der Waals surface area contributed by atoms with Crippen LogP contribution in [0.1, 0.15) is 43.9 Å². The van der Waals surface area contributed by atoms with Crippen molar-refractivity contribution < 1.29 is 9.84 Å². The molecule has 3 rings (SSSR count). The van der Waals surface area contributed by atoms with Crippen LogP contribution in [0.5, 0.6) is 0 Å². The third-order valence-electron chi connectivity index (χ3n) is 4.30. The second-order valence-corrected chi connectivity index (χ2v) is 5.92. The zero-order valence-corrected chi connectivity index (χ0v) is 11.1. The van der Waals surface area contributed by atoms with Crippen molar-refractivity contribution in [1.82, 2.24) is 4.98 Å². The molecule has 0 aromatic carbocycles. The molecule has 2 fully saturated rings. The van der Waals surface area contributed by atoms with Crippen LogP contribution in [0.15, 0.2) is 18.3 Å². The number of ether oxygens (including phenoxy) is 1. The molecule has 2 unspecified atom stereocenters. The van der Waals surface area contributed by atoms with Gasteiger partial charge in [-0.2, -0.15) is 0 Å². The third-order valence-corrected chi connectivity index (χ3v) is 4.52. The van der Waals surface area contributed by atoms with Gasteiger partial charge in [0.25, 0.3) is 0 Å². The van der Waals surface area contributed by atoms with Crippen molar-refractivity contribution in [3.8, 4) is 0 Å². The van der Waals surface area contributed by atoms with Gasteiger partial charge in [0, 0.05) is 12.8 Å². The van der Waals surface area contributed by atoms with Crippen molar-refractivity contribution >= 4 is 11.6 Å². The summed E-state index contributed by atoms with van der Waals surface area (Å²) in [6.45, 7) is 0.759. The first kappa shape index (κ1) is 12.4. The Balaban J connectivity index is 1.71. The first-order valence-corrected chi connectivity index (χ1v) is 7.00. The fourth-order valence-corrected chi connectivity index (χ4v) is 3.17. The molecule has 98 valence electrons. The van der Waals surface area contributed by atoms with Gasteiger partial charge in [-0.15, -0.1) is 0 Å². The lowest BCUT2D eigenvalue weighted by atomic mass is 9.70. The molecule has 1 N–H and O–H groups in total. The predicted octanol–water partition coefficient (Wildman–Crippen LogP) is 3.12. The number of aliphatic hydroxyl groups is 1. The summed E-state index contributed by atoms with van der Waals surface area (Å²) in [6, 6.07) is 3.60. The molecular weight excluding hydrogens is 250 g/mol. The van der Waals surface area contributed by atoms with Crippen LogP contribution in [0, 0.1) is 5.92 Å². The minimum atomic E-state index is -0.497. The van der Waals surface area contributed by atoms with Crippen LogP contribution in [-0.4, -0.2) is 22.3 Å². The van der Waals surface area contributed by atoms with Crippen LogP contribution < -0.4 is 0 Å². The van der Waals surface area contributed by atoms with Gasteiger partial charge in [-0.25, -0.2) is 0 Å². The highest BCUT2D eigenvalue weighted by molar-refractivity contribution is 6.30. The van der Waals surface area contributed by atoms with Gasteiger partial charge in [0.05, 0.1) is 22.4 Å². The van der Waals surface area contributed by atoms with Crippen LogP contribution in [0.2, 0.25) is 5.02 Å². The zero-order valence-electron chi connectivity index (χ0n) is 10.3. The number of aliphatic hydroxyl groups excluding tert-OH is 1. The van der Waals surface area contributed by atoms with E-state index >= 15 is 0 Å². The Labute approximate surface area is 112 Å². The number of hydrogen-bond acceptors (Lipinski definition) is 3. The molecule has 4 heteroatoms. The Morgan fingerprint density at radius 2 is 2.28 bits per heavy atom. The summed E-state index contributed by atoms with van der Waals surface area (Å²) in [7, 11) is 0. The predicted molar refractivity (Wildman–Crippen MR) is 69.5 cm³/mol. The molecule has 1 aliphatic heterocycles. The van der Waals surface area contributed by atoms with Gasteiger partial charge >= 0.3 is 0 Å². The van der Waals surface area contributed by atoms with E-state index < -0.39 is 6.10 Å². The number of aromatic nitrogens is 1. The van der Waals surface area contributed by atoms with Gasteiger partial charge in [-0.1, -0.05) is 11.6 Å². The highest BCUT2D eigenvalue weighted by Gasteiger charge is 2.44. The summed E-state index contributed by atoms with van der Waals surface area (Å²) in [5.41, 5.74) is 0.789. The first-order chi connectivity index (χ1) is 8.69. The normalized spacial score (nSPS) is 27.8. The topological polar surface area (TPSA) is 42.4 Å². The minimum absolute atomic E-state index is 0.0658. The molecule has 0 radical (unpaired) electrons. The SMILES string of the molecule is OC(c1ccc(Cl)cn1)C1CCOC2(CCC2)C1. The molecule has 3 nitrogen and oxygen atoms in total. The fourth-order valence-electron chi connectivity index (χ4n) is 3.06. The Kier molecular flexibility index (Phi) is 3.31. The average Bonchev–Trinajstić information content (AvgIpc) is 2.37. The smallest absolute Gasteiger partial charge is 0.0989 e. The van der Waals surface area contributed by atoms with Crippen molar-refractivity contribution in [1.29, 1.82) is 0 Å². The first-order valence-electron chi connectivity index (χ1n) is 6.62. The second kappa shape index (κ2) is 4.80. The Hall–Kier alpha value is -0.640. The maximum Gasteiger partial charge on any atom is 0.0989 e. The number of pyridine rings is 1. The molecule has 2 aliphatic rings. The van der Waals surface area contributed by atoms with Crippen LogP contribution in [-0.2, 0) is 4.74 Å². The molecule has 2 heterocycles. The van der Waals surface area contributed by atoms with E-state index in [2.05, 4.69) is 4.98 Å². The molecule has 1 aromatic rings. The van der Waals surface area contributed by atoms with E-state index in [1.807, 2.05) is 6.07 Å². The van der Waals surface area contributed by atoms with E-state index in [0.29, 0.717) is 5.02 Å². The molecule has 0 bridgehead atoms. The molecule has 1 aliphatic carbocycles. The summed E-state index contributed by atoms with van der Waals surface area (Å²) in [4.78, 5) is 4.22. The summed E-state index contributed by atoms with van der Waals surface area (Å²) in [5, 5.41) is 11.0. The fraction of sp³-hybridized carbons (Fsp3) is 0.643. The molecule has 1 aromatic heterocycles. The highest BCUT2D eigenvalue weighted by atomic mass is 35.5. The second-order valence-electron chi connectivity index (χ2n) is 5.48. The third kappa shape index (κ3) is 2.27. The lowest BCUT2D eigenvalue weighted by Crippen LogP contribution is -2.46. The average molecular weight is 268 g/mol. The van der Waals surface area contributed by atoms with Crippen molar-refractivity contribution in [2.45, 2.75) is 43.8 Å². The summed E-state index contributed by atoms with van der Waals surface area (Å²) in [6.07, 6.45) is 6.50. The molecule has 2 atom stereocenters. The number of rotatable bonds is 2. The number of halogens is 1. The molecule has 1 saturated carbocycles. The van der Waals surface area contributed by atoms with E-state index in [-0.39, 0.29) is 11.5 Å². The Bertz CT molecular complexity index is 416. The molecular formula is C14H18ClNO2. The van der Waals surface area contributed by atoms with E-state index in [4.69, 9.17) is 16.3 Å². The van der Waals surface area contributed by atoms with E-state index in [1.165, 1.54) is 6.42 Å². The number of nitrogens with zero attached hydrogens (tertiary/aromatic N) is 1. The lowest BCUT2D eigenvalue weighted by Gasteiger charge is -2.48. The van der Waals surface area contributed by atoms with Gasteiger partial charge in [-0.3, -0.25) is 4.98 Å². The quantitative estimate of drug-likeness (QED) is 0.895. The van der Waals surface area contributed by atoms with Crippen LogP contribution >= 0.6 is 11.6 Å². The van der Waals surface area contributed by atoms with Crippen LogP contribution in [0.25, 0.3) is 0 Å². The van der Waals surface area contributed by atoms with E-state index in [1.54, 1.807) is 12.3 Å². The van der Waals surface area contributed by atoms with E-state index in [0.717, 1.165) is 38.0 Å². The van der Waals surface area contributed by atoms with Gasteiger partial charge in [0.1, 0.15) is 0 Å². The van der Waals surface area contributed by atoms with Crippen molar-refractivity contribution in [2.24, 2.45) is 5.92 Å². The standard InChI is InChI=1S/C14H18ClNO2/c15-11-2-3-12(16-9-11)13(17)10-4-7-18-14(8-10)5-1-6-14/h2-3,9-10,13,17H,1,4-8H2. The summed E-state index contributed by atoms with van der Waals surface area (Å²) >= 11 is 5.81. The summed E-state index contributed by atoms with van der Waals surface area (Å²) < 4.78 is 5.88. The van der Waals surface area contributed by atoms with Crippen molar-refractivity contribution in [3.05, 3.63) is 29.0 Å². The molecule has 1 saturated heterocycles. The Morgan fingerprint density at radius 3 is 2.89 bits per heavy atom. The monoisotopic (exact) mass is 267 g/mol. The lowest BCUT2D eigenvalue weighted by molar-refractivity contribution is -0.157. The van der Waals surface area contributed by atoms with Crippen LogP contribution in [0.3, 0.4) is 0 Å². The molecule has 18 heavy (non-hydrogen) atoms. The zero-order chi connectivity index (χ0) is 12.6.